The number of nitrogens with one attached hydrogen (secondary N) is 1. The van der Waals surface area contributed by atoms with Crippen molar-refractivity contribution in [3.05, 3.63) is 23.9 Å². The fourth-order valence-electron chi connectivity index (χ4n) is 1.25. The summed E-state index contributed by atoms with van der Waals surface area (Å²) in [6.07, 6.45) is 2.78. The Labute approximate surface area is 90.6 Å². The van der Waals surface area contributed by atoms with E-state index in [4.69, 9.17) is 9.47 Å². The van der Waals surface area contributed by atoms with Gasteiger partial charge in [0.2, 0.25) is 5.88 Å². The van der Waals surface area contributed by atoms with Crippen LogP contribution in [0.4, 0.5) is 0 Å². The Morgan fingerprint density at radius 3 is 3.00 bits per heavy atom. The van der Waals surface area contributed by atoms with E-state index in [2.05, 4.69) is 10.3 Å². The molecule has 0 saturated carbocycles. The monoisotopic (exact) mass is 210 g/mol. The molecule has 0 spiro atoms. The Morgan fingerprint density at radius 2 is 2.27 bits per heavy atom. The molecule has 84 valence electrons. The number of nitrogens with zero attached hydrogens (tertiary/aromatic N) is 1. The van der Waals surface area contributed by atoms with Crippen LogP contribution in [0.2, 0.25) is 0 Å². The van der Waals surface area contributed by atoms with Gasteiger partial charge in [0.25, 0.3) is 0 Å². The predicted molar refractivity (Wildman–Crippen MR) is 59.0 cm³/mol. The summed E-state index contributed by atoms with van der Waals surface area (Å²) in [5.41, 5.74) is 1.18. The first kappa shape index (κ1) is 11.9. The van der Waals surface area contributed by atoms with Gasteiger partial charge in [-0.05, 0) is 24.6 Å². The molecule has 0 fully saturated rings. The summed E-state index contributed by atoms with van der Waals surface area (Å²) in [5, 5.41) is 3.32. The van der Waals surface area contributed by atoms with Gasteiger partial charge in [0.1, 0.15) is 0 Å². The van der Waals surface area contributed by atoms with Crippen LogP contribution in [0.15, 0.2) is 18.3 Å². The third kappa shape index (κ3) is 4.76. The van der Waals surface area contributed by atoms with Crippen molar-refractivity contribution in [2.24, 2.45) is 0 Å². The van der Waals surface area contributed by atoms with Crippen molar-refractivity contribution in [2.45, 2.75) is 13.0 Å². The van der Waals surface area contributed by atoms with Crippen LogP contribution in [0.5, 0.6) is 5.88 Å². The van der Waals surface area contributed by atoms with Crippen LogP contribution in [0.25, 0.3) is 0 Å². The molecule has 1 aromatic rings. The lowest BCUT2D eigenvalue weighted by molar-refractivity contribution is 0.194. The van der Waals surface area contributed by atoms with Crippen molar-refractivity contribution in [2.75, 3.05) is 27.4 Å². The third-order valence-corrected chi connectivity index (χ3v) is 2.04. The number of aromatic nitrogens is 1. The number of ether oxygens (including phenoxy) is 2. The lowest BCUT2D eigenvalue weighted by Gasteiger charge is -2.05. The van der Waals surface area contributed by atoms with E-state index in [1.54, 1.807) is 20.4 Å². The molecule has 0 amide bonds. The lowest BCUT2D eigenvalue weighted by Crippen LogP contribution is -2.16. The van der Waals surface area contributed by atoms with E-state index in [9.17, 15) is 0 Å². The van der Waals surface area contributed by atoms with Gasteiger partial charge >= 0.3 is 0 Å². The van der Waals surface area contributed by atoms with Crippen LogP contribution < -0.4 is 10.1 Å². The molecule has 1 heterocycles. The molecule has 15 heavy (non-hydrogen) atoms. The Bertz CT molecular complexity index is 279. The molecule has 1 aromatic heterocycles. The molecule has 0 aliphatic rings. The molecular formula is C11H18N2O2. The smallest absolute Gasteiger partial charge is 0.213 e. The average molecular weight is 210 g/mol. The van der Waals surface area contributed by atoms with Crippen molar-refractivity contribution < 1.29 is 9.47 Å². The summed E-state index contributed by atoms with van der Waals surface area (Å²) in [5.74, 6) is 0.659. The summed E-state index contributed by atoms with van der Waals surface area (Å²) in [4.78, 5) is 4.05. The quantitative estimate of drug-likeness (QED) is 0.687. The van der Waals surface area contributed by atoms with Crippen molar-refractivity contribution in [3.63, 3.8) is 0 Å². The van der Waals surface area contributed by atoms with Gasteiger partial charge in [-0.3, -0.25) is 0 Å². The van der Waals surface area contributed by atoms with E-state index in [0.29, 0.717) is 5.88 Å². The number of methoxy groups -OCH3 is 2. The Kier molecular flexibility index (Phi) is 5.73. The highest BCUT2D eigenvalue weighted by Crippen LogP contribution is 2.07. The molecule has 0 saturated heterocycles. The zero-order valence-electron chi connectivity index (χ0n) is 9.32. The fourth-order valence-corrected chi connectivity index (χ4v) is 1.25. The van der Waals surface area contributed by atoms with Gasteiger partial charge in [0, 0.05) is 32.5 Å². The van der Waals surface area contributed by atoms with Crippen LogP contribution in [0.3, 0.4) is 0 Å². The van der Waals surface area contributed by atoms with E-state index < -0.39 is 0 Å². The summed E-state index contributed by atoms with van der Waals surface area (Å²) >= 11 is 0. The van der Waals surface area contributed by atoms with Gasteiger partial charge in [-0.1, -0.05) is 0 Å². The number of hydrogen-bond acceptors (Lipinski definition) is 4. The average Bonchev–Trinajstić information content (AvgIpc) is 2.29. The normalized spacial score (nSPS) is 10.3. The zero-order valence-corrected chi connectivity index (χ0v) is 9.32. The molecule has 1 N–H and O–H groups in total. The summed E-state index contributed by atoms with van der Waals surface area (Å²) < 4.78 is 10.0. The highest BCUT2D eigenvalue weighted by atomic mass is 16.5. The maximum absolute atomic E-state index is 5.04. The van der Waals surface area contributed by atoms with Gasteiger partial charge in [-0.25, -0.2) is 4.98 Å². The first-order valence-corrected chi connectivity index (χ1v) is 5.05. The van der Waals surface area contributed by atoms with Gasteiger partial charge < -0.3 is 14.8 Å². The first-order chi connectivity index (χ1) is 7.36. The van der Waals surface area contributed by atoms with Gasteiger partial charge in [0.05, 0.1) is 7.11 Å². The molecule has 0 aliphatic heterocycles. The van der Waals surface area contributed by atoms with E-state index in [-0.39, 0.29) is 0 Å². The molecule has 4 nitrogen and oxygen atoms in total. The molecule has 0 radical (unpaired) electrons. The van der Waals surface area contributed by atoms with E-state index >= 15 is 0 Å². The molecule has 0 aromatic carbocycles. The van der Waals surface area contributed by atoms with Gasteiger partial charge in [-0.15, -0.1) is 0 Å². The maximum atomic E-state index is 5.04. The zero-order chi connectivity index (χ0) is 10.9. The van der Waals surface area contributed by atoms with Crippen LogP contribution >= 0.6 is 0 Å². The molecular weight excluding hydrogens is 192 g/mol. The number of pyridine rings is 1. The Morgan fingerprint density at radius 1 is 1.40 bits per heavy atom. The molecule has 4 heteroatoms. The minimum absolute atomic E-state index is 0.659. The second kappa shape index (κ2) is 7.20. The summed E-state index contributed by atoms with van der Waals surface area (Å²) in [6.45, 7) is 2.59. The molecule has 0 aliphatic carbocycles. The van der Waals surface area contributed by atoms with Crippen LogP contribution in [-0.2, 0) is 11.3 Å². The van der Waals surface area contributed by atoms with E-state index in [1.165, 1.54) is 5.56 Å². The lowest BCUT2D eigenvalue weighted by atomic mass is 10.2. The van der Waals surface area contributed by atoms with Crippen molar-refractivity contribution >= 4 is 0 Å². The first-order valence-electron chi connectivity index (χ1n) is 5.05. The predicted octanol–water partition coefficient (Wildman–Crippen LogP) is 1.22. The Hall–Kier alpha value is -1.13. The van der Waals surface area contributed by atoms with E-state index in [1.807, 2.05) is 12.1 Å². The highest BCUT2D eigenvalue weighted by Gasteiger charge is 1.96. The second-order valence-corrected chi connectivity index (χ2v) is 3.23. The minimum Gasteiger partial charge on any atom is -0.481 e. The molecule has 0 atom stereocenters. The minimum atomic E-state index is 0.659. The topological polar surface area (TPSA) is 43.4 Å². The molecule has 1 rings (SSSR count). The standard InChI is InChI=1S/C11H18N2O2/c1-14-7-3-5-12-9-10-4-6-13-11(8-10)15-2/h4,6,8,12H,3,5,7,9H2,1-2H3. The van der Waals surface area contributed by atoms with Gasteiger partial charge in [0.15, 0.2) is 0 Å². The summed E-state index contributed by atoms with van der Waals surface area (Å²) in [6, 6.07) is 3.91. The molecule has 0 bridgehead atoms. The van der Waals surface area contributed by atoms with Gasteiger partial charge in [-0.2, -0.15) is 0 Å². The van der Waals surface area contributed by atoms with Crippen LogP contribution in [0, 0.1) is 0 Å². The third-order valence-electron chi connectivity index (χ3n) is 2.04. The number of rotatable bonds is 7. The Balaban J connectivity index is 2.24. The van der Waals surface area contributed by atoms with Crippen LogP contribution in [0.1, 0.15) is 12.0 Å². The van der Waals surface area contributed by atoms with Crippen molar-refractivity contribution in [1.82, 2.24) is 10.3 Å². The largest absolute Gasteiger partial charge is 0.481 e. The van der Waals surface area contributed by atoms with Crippen molar-refractivity contribution in [1.29, 1.82) is 0 Å². The van der Waals surface area contributed by atoms with Crippen LogP contribution in [-0.4, -0.2) is 32.4 Å². The van der Waals surface area contributed by atoms with Crippen molar-refractivity contribution in [3.8, 4) is 5.88 Å². The van der Waals surface area contributed by atoms with E-state index in [0.717, 1.165) is 26.1 Å². The number of hydrogen-bond donors (Lipinski definition) is 1. The fraction of sp³-hybridized carbons (Fsp3) is 0.545. The maximum Gasteiger partial charge on any atom is 0.213 e. The SMILES string of the molecule is COCCCNCc1ccnc(OC)c1. The molecule has 0 unspecified atom stereocenters. The highest BCUT2D eigenvalue weighted by molar-refractivity contribution is 5.20. The summed E-state index contributed by atoms with van der Waals surface area (Å²) in [7, 11) is 3.34. The second-order valence-electron chi connectivity index (χ2n) is 3.23.